The third-order valence-corrected chi connectivity index (χ3v) is 4.86. The average molecular weight is 321 g/mol. The van der Waals surface area contributed by atoms with Crippen LogP contribution in [0.3, 0.4) is 0 Å². The average Bonchev–Trinajstić information content (AvgIpc) is 2.91. The van der Waals surface area contributed by atoms with E-state index in [1.54, 1.807) is 6.20 Å². The molecule has 3 heterocycles. The molecule has 0 aromatic carbocycles. The molecule has 0 saturated heterocycles. The normalized spacial score (nSPS) is 15.5. The Kier molecular flexibility index (Phi) is 3.45. The zero-order valence-electron chi connectivity index (χ0n) is 11.9. The van der Waals surface area contributed by atoms with Gasteiger partial charge >= 0.3 is 0 Å². The summed E-state index contributed by atoms with van der Waals surface area (Å²) in [6.45, 7) is 0.570. The minimum absolute atomic E-state index is 0.226. The highest BCUT2D eigenvalue weighted by atomic mass is 32.2. The van der Waals surface area contributed by atoms with Gasteiger partial charge in [-0.1, -0.05) is 0 Å². The van der Waals surface area contributed by atoms with E-state index in [0.29, 0.717) is 24.2 Å². The van der Waals surface area contributed by atoms with Gasteiger partial charge < -0.3 is 5.73 Å². The van der Waals surface area contributed by atoms with E-state index < -0.39 is 10.0 Å². The highest BCUT2D eigenvalue weighted by Crippen LogP contribution is 2.23. The van der Waals surface area contributed by atoms with Crippen molar-refractivity contribution in [2.45, 2.75) is 13.0 Å². The summed E-state index contributed by atoms with van der Waals surface area (Å²) in [5.41, 5.74) is 7.95. The Morgan fingerprint density at radius 3 is 2.73 bits per heavy atom. The second kappa shape index (κ2) is 5.18. The highest BCUT2D eigenvalue weighted by Gasteiger charge is 2.27. The van der Waals surface area contributed by atoms with Gasteiger partial charge in [-0.05, 0) is 17.5 Å². The lowest BCUT2D eigenvalue weighted by Gasteiger charge is -2.27. The fourth-order valence-electron chi connectivity index (χ4n) is 2.51. The Labute approximate surface area is 127 Å². The van der Waals surface area contributed by atoms with E-state index in [0.717, 1.165) is 15.8 Å². The molecule has 0 unspecified atom stereocenters. The van der Waals surface area contributed by atoms with Gasteiger partial charge in [-0.2, -0.15) is 9.40 Å². The molecule has 9 heteroatoms. The lowest BCUT2D eigenvalue weighted by molar-refractivity contribution is 0.0943. The van der Waals surface area contributed by atoms with Gasteiger partial charge in [-0.3, -0.25) is 9.78 Å². The summed E-state index contributed by atoms with van der Waals surface area (Å²) in [7, 11) is -3.26. The molecule has 0 radical (unpaired) electrons. The Balaban J connectivity index is 1.98. The first-order valence-corrected chi connectivity index (χ1v) is 8.47. The van der Waals surface area contributed by atoms with Gasteiger partial charge in [-0.25, -0.2) is 13.1 Å². The standard InChI is InChI=1S/C13H15N5O3S/c1-22(20,21)17-3-2-11-9(7-17)4-15-6-12(11)13(19)18-8-10(14)5-16-18/h4-6,8H,2-3,7,14H2,1H3. The smallest absolute Gasteiger partial charge is 0.280 e. The van der Waals surface area contributed by atoms with Crippen LogP contribution in [0.25, 0.3) is 0 Å². The number of hydrogen-bond donors (Lipinski definition) is 1. The van der Waals surface area contributed by atoms with E-state index in [2.05, 4.69) is 10.1 Å². The Bertz CT molecular complexity index is 843. The molecule has 1 aliphatic rings. The summed E-state index contributed by atoms with van der Waals surface area (Å²) in [6.07, 6.45) is 7.55. The SMILES string of the molecule is CS(=O)(=O)N1CCc2c(cncc2C(=O)n2cc(N)cn2)C1. The molecule has 2 aromatic heterocycles. The topological polar surface area (TPSA) is 111 Å². The second-order valence-electron chi connectivity index (χ2n) is 5.19. The second-order valence-corrected chi connectivity index (χ2v) is 7.18. The first kappa shape index (κ1) is 14.7. The molecule has 22 heavy (non-hydrogen) atoms. The zero-order chi connectivity index (χ0) is 15.9. The van der Waals surface area contributed by atoms with Crippen molar-refractivity contribution in [1.29, 1.82) is 0 Å². The largest absolute Gasteiger partial charge is 0.396 e. The lowest BCUT2D eigenvalue weighted by Crippen LogP contribution is -2.36. The van der Waals surface area contributed by atoms with Crippen LogP contribution in [0.15, 0.2) is 24.8 Å². The third-order valence-electron chi connectivity index (χ3n) is 3.61. The van der Waals surface area contributed by atoms with Crippen molar-refractivity contribution >= 4 is 21.6 Å². The number of pyridine rings is 1. The first-order chi connectivity index (χ1) is 10.4. The summed E-state index contributed by atoms with van der Waals surface area (Å²) >= 11 is 0. The number of nitrogens with zero attached hydrogens (tertiary/aromatic N) is 4. The van der Waals surface area contributed by atoms with Crippen molar-refractivity contribution in [2.24, 2.45) is 0 Å². The van der Waals surface area contributed by atoms with Crippen LogP contribution in [-0.2, 0) is 23.0 Å². The lowest BCUT2D eigenvalue weighted by atomic mass is 9.98. The summed E-state index contributed by atoms with van der Waals surface area (Å²) in [6, 6.07) is 0. The first-order valence-electron chi connectivity index (χ1n) is 6.62. The van der Waals surface area contributed by atoms with E-state index >= 15 is 0 Å². The Morgan fingerprint density at radius 1 is 1.32 bits per heavy atom. The van der Waals surface area contributed by atoms with Gasteiger partial charge in [0.05, 0.1) is 29.9 Å². The molecule has 0 fully saturated rings. The molecule has 116 valence electrons. The number of aromatic nitrogens is 3. The van der Waals surface area contributed by atoms with Crippen LogP contribution in [0, 0.1) is 0 Å². The van der Waals surface area contributed by atoms with Crippen LogP contribution < -0.4 is 5.73 Å². The molecular weight excluding hydrogens is 306 g/mol. The van der Waals surface area contributed by atoms with E-state index in [4.69, 9.17) is 5.73 Å². The predicted octanol–water partition coefficient (Wildman–Crippen LogP) is -0.134. The van der Waals surface area contributed by atoms with Crippen molar-refractivity contribution in [1.82, 2.24) is 19.1 Å². The minimum atomic E-state index is -3.26. The molecule has 0 atom stereocenters. The van der Waals surface area contributed by atoms with Crippen LogP contribution in [0.4, 0.5) is 5.69 Å². The molecule has 2 N–H and O–H groups in total. The Hall–Kier alpha value is -2.26. The number of carbonyl (C=O) groups excluding carboxylic acids is 1. The van der Waals surface area contributed by atoms with Gasteiger partial charge in [0.2, 0.25) is 10.0 Å². The molecule has 2 aromatic rings. The van der Waals surface area contributed by atoms with E-state index in [1.807, 2.05) is 0 Å². The van der Waals surface area contributed by atoms with Crippen molar-refractivity contribution in [3.63, 3.8) is 0 Å². The number of rotatable bonds is 2. The maximum atomic E-state index is 12.5. The maximum absolute atomic E-state index is 12.5. The summed E-state index contributed by atoms with van der Waals surface area (Å²) in [5.74, 6) is -0.325. The number of carbonyl (C=O) groups is 1. The predicted molar refractivity (Wildman–Crippen MR) is 79.6 cm³/mol. The number of nitrogen functional groups attached to an aromatic ring is 1. The number of hydrogen-bond acceptors (Lipinski definition) is 6. The molecule has 0 saturated carbocycles. The fourth-order valence-corrected chi connectivity index (χ4v) is 3.30. The summed E-state index contributed by atoms with van der Waals surface area (Å²) < 4.78 is 25.8. The van der Waals surface area contributed by atoms with Gasteiger partial charge in [0.25, 0.3) is 5.91 Å². The number of anilines is 1. The van der Waals surface area contributed by atoms with E-state index in [-0.39, 0.29) is 12.5 Å². The molecule has 1 aliphatic heterocycles. The molecule has 0 spiro atoms. The zero-order valence-corrected chi connectivity index (χ0v) is 12.7. The molecule has 0 amide bonds. The van der Waals surface area contributed by atoms with Crippen molar-refractivity contribution in [3.8, 4) is 0 Å². The van der Waals surface area contributed by atoms with Crippen molar-refractivity contribution in [3.05, 3.63) is 41.5 Å². The fraction of sp³-hybridized carbons (Fsp3) is 0.308. The van der Waals surface area contributed by atoms with Crippen LogP contribution >= 0.6 is 0 Å². The molecule has 3 rings (SSSR count). The van der Waals surface area contributed by atoms with Crippen molar-refractivity contribution < 1.29 is 13.2 Å². The van der Waals surface area contributed by atoms with Crippen LogP contribution in [0.2, 0.25) is 0 Å². The van der Waals surface area contributed by atoms with E-state index in [1.165, 1.54) is 29.2 Å². The number of nitrogens with two attached hydrogens (primary N) is 1. The molecule has 0 bridgehead atoms. The Morgan fingerprint density at radius 2 is 2.09 bits per heavy atom. The maximum Gasteiger partial charge on any atom is 0.280 e. The van der Waals surface area contributed by atoms with Crippen LogP contribution in [0.5, 0.6) is 0 Å². The van der Waals surface area contributed by atoms with Gasteiger partial charge in [0.1, 0.15) is 0 Å². The minimum Gasteiger partial charge on any atom is -0.396 e. The van der Waals surface area contributed by atoms with Gasteiger partial charge in [-0.15, -0.1) is 0 Å². The molecule has 8 nitrogen and oxygen atoms in total. The monoisotopic (exact) mass is 321 g/mol. The highest BCUT2D eigenvalue weighted by molar-refractivity contribution is 7.88. The third kappa shape index (κ3) is 2.60. The van der Waals surface area contributed by atoms with Crippen LogP contribution in [0.1, 0.15) is 21.5 Å². The quantitative estimate of drug-likeness (QED) is 0.824. The van der Waals surface area contributed by atoms with Gasteiger partial charge in [0, 0.05) is 25.5 Å². The van der Waals surface area contributed by atoms with Crippen molar-refractivity contribution in [2.75, 3.05) is 18.5 Å². The van der Waals surface area contributed by atoms with Crippen LogP contribution in [-0.4, -0.2) is 46.2 Å². The number of sulfonamides is 1. The molecule has 0 aliphatic carbocycles. The summed E-state index contributed by atoms with van der Waals surface area (Å²) in [5, 5.41) is 3.90. The van der Waals surface area contributed by atoms with E-state index in [9.17, 15) is 13.2 Å². The summed E-state index contributed by atoms with van der Waals surface area (Å²) in [4.78, 5) is 16.5. The number of fused-ring (bicyclic) bond motifs is 1. The van der Waals surface area contributed by atoms with Gasteiger partial charge in [0.15, 0.2) is 0 Å². The molecular formula is C13H15N5O3S.